The predicted octanol–water partition coefficient (Wildman–Crippen LogP) is 2.87. The topological polar surface area (TPSA) is 70.8 Å². The summed E-state index contributed by atoms with van der Waals surface area (Å²) in [4.78, 5) is 24.8. The van der Waals surface area contributed by atoms with Crippen LogP contribution in [-0.2, 0) is 6.54 Å². The van der Waals surface area contributed by atoms with E-state index in [-0.39, 0.29) is 18.0 Å². The lowest BCUT2D eigenvalue weighted by Crippen LogP contribution is -2.26. The number of furan rings is 1. The van der Waals surface area contributed by atoms with Gasteiger partial charge in [0, 0.05) is 12.6 Å². The van der Waals surface area contributed by atoms with Crippen molar-refractivity contribution in [3.05, 3.63) is 58.5 Å². The third kappa shape index (κ3) is 3.31. The molecule has 5 nitrogen and oxygen atoms in total. The number of carbonyl (C=O) groups is 2. The number of aromatic carboxylic acids is 1. The summed E-state index contributed by atoms with van der Waals surface area (Å²) in [6.07, 6.45) is 0. The van der Waals surface area contributed by atoms with Gasteiger partial charge in [-0.05, 0) is 32.0 Å². The van der Waals surface area contributed by atoms with Gasteiger partial charge in [0.2, 0.25) is 0 Å². The van der Waals surface area contributed by atoms with Crippen LogP contribution in [-0.4, -0.2) is 28.9 Å². The maximum atomic E-state index is 12.3. The third-order valence-corrected chi connectivity index (χ3v) is 3.20. The van der Waals surface area contributed by atoms with Crippen molar-refractivity contribution in [3.63, 3.8) is 0 Å². The Kier molecular flexibility index (Phi) is 4.12. The van der Waals surface area contributed by atoms with E-state index in [1.54, 1.807) is 20.0 Å². The van der Waals surface area contributed by atoms with Crippen LogP contribution in [0, 0.1) is 13.8 Å². The third-order valence-electron chi connectivity index (χ3n) is 3.20. The number of rotatable bonds is 4. The van der Waals surface area contributed by atoms with Crippen molar-refractivity contribution in [1.82, 2.24) is 4.90 Å². The molecule has 1 aromatic heterocycles. The molecule has 0 atom stereocenters. The smallest absolute Gasteiger partial charge is 0.339 e. The van der Waals surface area contributed by atoms with Crippen LogP contribution in [0.3, 0.4) is 0 Å². The van der Waals surface area contributed by atoms with Crippen LogP contribution in [0.5, 0.6) is 0 Å². The van der Waals surface area contributed by atoms with E-state index in [9.17, 15) is 9.59 Å². The van der Waals surface area contributed by atoms with Crippen molar-refractivity contribution in [2.75, 3.05) is 7.05 Å². The van der Waals surface area contributed by atoms with Crippen LogP contribution in [0.4, 0.5) is 0 Å². The molecule has 2 rings (SSSR count). The molecule has 0 aliphatic rings. The summed E-state index contributed by atoms with van der Waals surface area (Å²) in [7, 11) is 1.66. The van der Waals surface area contributed by atoms with Crippen molar-refractivity contribution in [2.24, 2.45) is 0 Å². The minimum Gasteiger partial charge on any atom is -0.478 e. The molecule has 0 radical (unpaired) electrons. The van der Waals surface area contributed by atoms with Gasteiger partial charge in [0.25, 0.3) is 5.91 Å². The first-order chi connectivity index (χ1) is 9.88. The van der Waals surface area contributed by atoms with E-state index in [0.717, 1.165) is 5.56 Å². The maximum absolute atomic E-state index is 12.3. The second kappa shape index (κ2) is 5.83. The van der Waals surface area contributed by atoms with Crippen molar-refractivity contribution >= 4 is 11.9 Å². The largest absolute Gasteiger partial charge is 0.478 e. The molecule has 5 heteroatoms. The van der Waals surface area contributed by atoms with E-state index in [1.807, 2.05) is 25.1 Å². The van der Waals surface area contributed by atoms with Gasteiger partial charge in [-0.25, -0.2) is 4.79 Å². The van der Waals surface area contributed by atoms with Crippen LogP contribution in [0.15, 0.2) is 34.7 Å². The lowest BCUT2D eigenvalue weighted by Gasteiger charge is -2.16. The van der Waals surface area contributed by atoms with E-state index < -0.39 is 5.97 Å². The summed E-state index contributed by atoms with van der Waals surface area (Å²) in [5, 5.41) is 8.99. The molecule has 0 saturated heterocycles. The van der Waals surface area contributed by atoms with E-state index in [4.69, 9.17) is 9.52 Å². The highest BCUT2D eigenvalue weighted by molar-refractivity contribution is 5.94. The molecule has 1 amide bonds. The SMILES string of the molecule is Cc1cccc(C(=O)N(C)Cc2cc(C(=O)O)c(C)o2)c1. The number of carbonyl (C=O) groups excluding carboxylic acids is 1. The van der Waals surface area contributed by atoms with Gasteiger partial charge in [-0.3, -0.25) is 4.79 Å². The van der Waals surface area contributed by atoms with Gasteiger partial charge in [0.05, 0.1) is 6.54 Å². The highest BCUT2D eigenvalue weighted by atomic mass is 16.4. The number of hydrogen-bond acceptors (Lipinski definition) is 3. The molecular weight excluding hydrogens is 270 g/mol. The Morgan fingerprint density at radius 3 is 2.52 bits per heavy atom. The maximum Gasteiger partial charge on any atom is 0.339 e. The van der Waals surface area contributed by atoms with Gasteiger partial charge in [-0.2, -0.15) is 0 Å². The number of benzene rings is 1. The lowest BCUT2D eigenvalue weighted by molar-refractivity contribution is 0.0694. The highest BCUT2D eigenvalue weighted by Crippen LogP contribution is 2.17. The first kappa shape index (κ1) is 14.8. The molecule has 21 heavy (non-hydrogen) atoms. The molecule has 2 aromatic rings. The van der Waals surface area contributed by atoms with Gasteiger partial charge in [0.15, 0.2) is 0 Å². The normalized spacial score (nSPS) is 10.4. The van der Waals surface area contributed by atoms with Gasteiger partial charge in [0.1, 0.15) is 17.1 Å². The van der Waals surface area contributed by atoms with Crippen LogP contribution < -0.4 is 0 Å². The Morgan fingerprint density at radius 2 is 1.95 bits per heavy atom. The molecule has 1 heterocycles. The number of hydrogen-bond donors (Lipinski definition) is 1. The average Bonchev–Trinajstić information content (AvgIpc) is 2.78. The number of carboxylic acid groups (broad SMARTS) is 1. The van der Waals surface area contributed by atoms with E-state index in [2.05, 4.69) is 0 Å². The lowest BCUT2D eigenvalue weighted by atomic mass is 10.1. The number of amides is 1. The van der Waals surface area contributed by atoms with Crippen LogP contribution in [0.1, 0.15) is 37.8 Å². The Labute approximate surface area is 122 Å². The minimum absolute atomic E-state index is 0.126. The molecule has 0 saturated carbocycles. The van der Waals surface area contributed by atoms with Crippen molar-refractivity contribution in [3.8, 4) is 0 Å². The van der Waals surface area contributed by atoms with Crippen LogP contribution in [0.25, 0.3) is 0 Å². The molecule has 1 aromatic carbocycles. The molecule has 0 bridgehead atoms. The fourth-order valence-electron chi connectivity index (χ4n) is 2.14. The zero-order valence-electron chi connectivity index (χ0n) is 12.2. The van der Waals surface area contributed by atoms with Gasteiger partial charge >= 0.3 is 5.97 Å². The van der Waals surface area contributed by atoms with E-state index in [0.29, 0.717) is 17.1 Å². The summed E-state index contributed by atoms with van der Waals surface area (Å²) >= 11 is 0. The second-order valence-corrected chi connectivity index (χ2v) is 5.02. The van der Waals surface area contributed by atoms with Crippen molar-refractivity contribution in [2.45, 2.75) is 20.4 Å². The van der Waals surface area contributed by atoms with Gasteiger partial charge in [-0.1, -0.05) is 17.7 Å². The fraction of sp³-hybridized carbons (Fsp3) is 0.250. The summed E-state index contributed by atoms with van der Waals surface area (Å²) < 4.78 is 5.38. The number of carboxylic acids is 1. The predicted molar refractivity (Wildman–Crippen MR) is 77.4 cm³/mol. The zero-order valence-corrected chi connectivity index (χ0v) is 12.2. The highest BCUT2D eigenvalue weighted by Gasteiger charge is 2.17. The first-order valence-electron chi connectivity index (χ1n) is 6.53. The van der Waals surface area contributed by atoms with Crippen LogP contribution in [0.2, 0.25) is 0 Å². The molecule has 0 spiro atoms. The van der Waals surface area contributed by atoms with E-state index >= 15 is 0 Å². The number of aryl methyl sites for hydroxylation is 2. The quantitative estimate of drug-likeness (QED) is 0.938. The summed E-state index contributed by atoms with van der Waals surface area (Å²) in [6, 6.07) is 8.77. The van der Waals surface area contributed by atoms with Crippen LogP contribution >= 0.6 is 0 Å². The molecular formula is C16H17NO4. The van der Waals surface area contributed by atoms with Crippen molar-refractivity contribution < 1.29 is 19.1 Å². The van der Waals surface area contributed by atoms with E-state index in [1.165, 1.54) is 11.0 Å². The zero-order chi connectivity index (χ0) is 15.6. The van der Waals surface area contributed by atoms with Gasteiger partial charge < -0.3 is 14.4 Å². The molecule has 0 aliphatic carbocycles. The molecule has 0 fully saturated rings. The Bertz CT molecular complexity index is 687. The Morgan fingerprint density at radius 1 is 1.24 bits per heavy atom. The monoisotopic (exact) mass is 287 g/mol. The molecule has 1 N–H and O–H groups in total. The standard InChI is InChI=1S/C16H17NO4/c1-10-5-4-6-12(7-10)15(18)17(3)9-13-8-14(16(19)20)11(2)21-13/h4-8H,9H2,1-3H3,(H,19,20). The number of nitrogens with zero attached hydrogens (tertiary/aromatic N) is 1. The minimum atomic E-state index is -1.03. The Hall–Kier alpha value is -2.56. The molecule has 110 valence electrons. The molecule has 0 aliphatic heterocycles. The summed E-state index contributed by atoms with van der Waals surface area (Å²) in [5.41, 5.74) is 1.73. The molecule has 0 unspecified atom stereocenters. The average molecular weight is 287 g/mol. The summed E-state index contributed by atoms with van der Waals surface area (Å²) in [6.45, 7) is 3.74. The first-order valence-corrected chi connectivity index (χ1v) is 6.53. The van der Waals surface area contributed by atoms with Crippen molar-refractivity contribution in [1.29, 1.82) is 0 Å². The fourth-order valence-corrected chi connectivity index (χ4v) is 2.14. The summed E-state index contributed by atoms with van der Waals surface area (Å²) in [5.74, 6) is -0.373. The Balaban J connectivity index is 2.14. The second-order valence-electron chi connectivity index (χ2n) is 5.02. The van der Waals surface area contributed by atoms with Gasteiger partial charge in [-0.15, -0.1) is 0 Å².